The van der Waals surface area contributed by atoms with Crippen molar-refractivity contribution in [3.05, 3.63) is 17.0 Å². The number of nitrogens with one attached hydrogen (secondary N) is 1. The molecule has 0 radical (unpaired) electrons. The summed E-state index contributed by atoms with van der Waals surface area (Å²) in [4.78, 5) is 22.1. The van der Waals surface area contributed by atoms with E-state index < -0.39 is 24.5 Å². The van der Waals surface area contributed by atoms with Crippen LogP contribution in [0.25, 0.3) is 0 Å². The van der Waals surface area contributed by atoms with E-state index in [0.717, 1.165) is 11.3 Å². The molecule has 0 aliphatic carbocycles. The fraction of sp³-hybridized carbons (Fsp3) is 0.545. The number of aromatic nitrogens is 1. The number of aryl methyl sites for hydroxylation is 2. The summed E-state index contributed by atoms with van der Waals surface area (Å²) < 4.78 is 4.99. The van der Waals surface area contributed by atoms with Crippen molar-refractivity contribution < 1.29 is 24.3 Å². The van der Waals surface area contributed by atoms with Gasteiger partial charge in [-0.05, 0) is 13.8 Å². The third kappa shape index (κ3) is 4.56. The lowest BCUT2D eigenvalue weighted by molar-refractivity contribution is -0.142. The molecule has 106 valence electrons. The second-order valence-corrected chi connectivity index (χ2v) is 4.92. The molecule has 1 atom stereocenters. The van der Waals surface area contributed by atoms with Gasteiger partial charge in [0.15, 0.2) is 0 Å². The first-order valence-corrected chi connectivity index (χ1v) is 6.73. The van der Waals surface area contributed by atoms with Gasteiger partial charge in [-0.3, -0.25) is 4.79 Å². The quantitative estimate of drug-likeness (QED) is 0.651. The van der Waals surface area contributed by atoms with Crippen molar-refractivity contribution in [2.24, 2.45) is 0 Å². The third-order valence-electron chi connectivity index (χ3n) is 2.48. The summed E-state index contributed by atoms with van der Waals surface area (Å²) in [5.41, 5.74) is 1.72. The molecule has 0 saturated heterocycles. The zero-order chi connectivity index (χ0) is 14.4. The lowest BCUT2D eigenvalue weighted by Crippen LogP contribution is -2.44. The van der Waals surface area contributed by atoms with Gasteiger partial charge in [0.1, 0.15) is 11.8 Å². The minimum absolute atomic E-state index is 0.105. The maximum absolute atomic E-state index is 11.5. The lowest BCUT2D eigenvalue weighted by Gasteiger charge is -2.11. The van der Waals surface area contributed by atoms with E-state index in [1.165, 1.54) is 11.8 Å². The zero-order valence-corrected chi connectivity index (χ0v) is 11.5. The summed E-state index contributed by atoms with van der Waals surface area (Å²) in [7, 11) is 0. The van der Waals surface area contributed by atoms with Gasteiger partial charge in [0.2, 0.25) is 5.91 Å². The van der Waals surface area contributed by atoms with E-state index in [-0.39, 0.29) is 5.75 Å². The molecule has 1 amide bonds. The molecule has 7 nitrogen and oxygen atoms in total. The Balaban J connectivity index is 2.37. The summed E-state index contributed by atoms with van der Waals surface area (Å²) in [5.74, 6) is -0.312. The molecule has 0 spiro atoms. The second-order valence-electron chi connectivity index (χ2n) is 3.94. The van der Waals surface area contributed by atoms with Crippen LogP contribution >= 0.6 is 11.8 Å². The molecule has 0 aromatic carbocycles. The monoisotopic (exact) mass is 288 g/mol. The molecule has 19 heavy (non-hydrogen) atoms. The van der Waals surface area contributed by atoms with Crippen LogP contribution in [0.2, 0.25) is 0 Å². The minimum Gasteiger partial charge on any atom is -0.480 e. The van der Waals surface area contributed by atoms with Crippen molar-refractivity contribution in [1.29, 1.82) is 0 Å². The molecule has 1 aromatic rings. The molecule has 1 rings (SSSR count). The Morgan fingerprint density at radius 3 is 2.63 bits per heavy atom. The molecular weight excluding hydrogens is 272 g/mol. The van der Waals surface area contributed by atoms with Crippen molar-refractivity contribution in [3.63, 3.8) is 0 Å². The number of thioether (sulfide) groups is 1. The number of amides is 1. The molecule has 1 heterocycles. The van der Waals surface area contributed by atoms with Crippen LogP contribution in [0.3, 0.4) is 0 Å². The number of carboxylic acid groups (broad SMARTS) is 1. The van der Waals surface area contributed by atoms with E-state index in [2.05, 4.69) is 10.5 Å². The van der Waals surface area contributed by atoms with Gasteiger partial charge in [-0.2, -0.15) is 0 Å². The molecule has 0 bridgehead atoms. The molecular formula is C11H16N2O5S. The molecule has 0 unspecified atom stereocenters. The van der Waals surface area contributed by atoms with E-state index in [1.54, 1.807) is 6.92 Å². The predicted molar refractivity (Wildman–Crippen MR) is 68.8 cm³/mol. The van der Waals surface area contributed by atoms with Crippen molar-refractivity contribution in [2.45, 2.75) is 25.6 Å². The second kappa shape index (κ2) is 7.15. The van der Waals surface area contributed by atoms with Crippen LogP contribution in [-0.4, -0.2) is 45.6 Å². The van der Waals surface area contributed by atoms with Crippen LogP contribution in [0.4, 0.5) is 0 Å². The van der Waals surface area contributed by atoms with E-state index >= 15 is 0 Å². The van der Waals surface area contributed by atoms with Crippen LogP contribution in [0.5, 0.6) is 0 Å². The highest BCUT2D eigenvalue weighted by molar-refractivity contribution is 7.99. The zero-order valence-electron chi connectivity index (χ0n) is 10.7. The summed E-state index contributed by atoms with van der Waals surface area (Å²) in [6.45, 7) is 2.98. The molecule has 3 N–H and O–H groups in total. The normalized spacial score (nSPS) is 12.2. The standard InChI is InChI=1S/C11H16N2O5S/c1-6-8(7(2)18-13-6)4-19-5-10(15)12-9(3-14)11(16)17/h9,14H,3-5H2,1-2H3,(H,12,15)(H,16,17)/t9-/m0/s1. The molecule has 8 heteroatoms. The maximum atomic E-state index is 11.5. The molecule has 0 fully saturated rings. The first kappa shape index (κ1) is 15.5. The Labute approximate surface area is 114 Å². The topological polar surface area (TPSA) is 113 Å². The van der Waals surface area contributed by atoms with Gasteiger partial charge in [-0.25, -0.2) is 4.79 Å². The van der Waals surface area contributed by atoms with Crippen LogP contribution in [0.15, 0.2) is 4.52 Å². The number of carboxylic acids is 1. The Hall–Kier alpha value is -1.54. The van der Waals surface area contributed by atoms with Crippen molar-refractivity contribution in [1.82, 2.24) is 10.5 Å². The lowest BCUT2D eigenvalue weighted by atomic mass is 10.2. The maximum Gasteiger partial charge on any atom is 0.328 e. The van der Waals surface area contributed by atoms with Crippen LogP contribution in [0, 0.1) is 13.8 Å². The number of hydrogen-bond donors (Lipinski definition) is 3. The first-order chi connectivity index (χ1) is 8.95. The molecule has 0 aliphatic heterocycles. The Bertz CT molecular complexity index is 440. The smallest absolute Gasteiger partial charge is 0.328 e. The van der Waals surface area contributed by atoms with Gasteiger partial charge >= 0.3 is 5.97 Å². The van der Waals surface area contributed by atoms with Crippen LogP contribution in [-0.2, 0) is 15.3 Å². The average molecular weight is 288 g/mol. The predicted octanol–water partition coefficient (Wildman–Crippen LogP) is 0.0863. The Kier molecular flexibility index (Phi) is 5.84. The highest BCUT2D eigenvalue weighted by Crippen LogP contribution is 2.19. The van der Waals surface area contributed by atoms with E-state index in [4.69, 9.17) is 14.7 Å². The number of carbonyl (C=O) groups is 2. The van der Waals surface area contributed by atoms with E-state index in [0.29, 0.717) is 11.5 Å². The van der Waals surface area contributed by atoms with Gasteiger partial charge in [0, 0.05) is 11.3 Å². The number of carbonyl (C=O) groups excluding carboxylic acids is 1. The van der Waals surface area contributed by atoms with Gasteiger partial charge in [0.25, 0.3) is 0 Å². The summed E-state index contributed by atoms with van der Waals surface area (Å²) in [5, 5.41) is 23.5. The fourth-order valence-electron chi connectivity index (χ4n) is 1.38. The van der Waals surface area contributed by atoms with Crippen LogP contribution < -0.4 is 5.32 Å². The molecule has 1 aromatic heterocycles. The van der Waals surface area contributed by atoms with Gasteiger partial charge < -0.3 is 20.1 Å². The average Bonchev–Trinajstić information content (AvgIpc) is 2.67. The minimum atomic E-state index is -1.26. The van der Waals surface area contributed by atoms with Gasteiger partial charge in [0.05, 0.1) is 18.1 Å². The van der Waals surface area contributed by atoms with E-state index in [1.807, 2.05) is 6.92 Å². The number of aliphatic hydroxyl groups is 1. The third-order valence-corrected chi connectivity index (χ3v) is 3.44. The van der Waals surface area contributed by atoms with Gasteiger partial charge in [-0.1, -0.05) is 5.16 Å². The first-order valence-electron chi connectivity index (χ1n) is 5.58. The van der Waals surface area contributed by atoms with Crippen molar-refractivity contribution in [2.75, 3.05) is 12.4 Å². The van der Waals surface area contributed by atoms with E-state index in [9.17, 15) is 9.59 Å². The highest BCUT2D eigenvalue weighted by Gasteiger charge is 2.18. The highest BCUT2D eigenvalue weighted by atomic mass is 32.2. The molecule has 0 saturated carbocycles. The largest absolute Gasteiger partial charge is 0.480 e. The number of hydrogen-bond acceptors (Lipinski definition) is 6. The number of nitrogens with zero attached hydrogens (tertiary/aromatic N) is 1. The van der Waals surface area contributed by atoms with Crippen molar-refractivity contribution >= 4 is 23.6 Å². The molecule has 0 aliphatic rings. The van der Waals surface area contributed by atoms with Crippen LogP contribution in [0.1, 0.15) is 17.0 Å². The Morgan fingerprint density at radius 2 is 2.16 bits per heavy atom. The SMILES string of the molecule is Cc1noc(C)c1CSCC(=O)N[C@@H](CO)C(=O)O. The van der Waals surface area contributed by atoms with Crippen molar-refractivity contribution in [3.8, 4) is 0 Å². The fourth-order valence-corrected chi connectivity index (χ4v) is 2.36. The number of aliphatic hydroxyl groups excluding tert-OH is 1. The Morgan fingerprint density at radius 1 is 1.47 bits per heavy atom. The summed E-state index contributed by atoms with van der Waals surface area (Å²) in [6.07, 6.45) is 0. The summed E-state index contributed by atoms with van der Waals surface area (Å²) >= 11 is 1.32. The number of aliphatic carboxylic acids is 1. The van der Waals surface area contributed by atoms with Gasteiger partial charge in [-0.15, -0.1) is 11.8 Å². The number of rotatable bonds is 7. The summed E-state index contributed by atoms with van der Waals surface area (Å²) in [6, 6.07) is -1.26.